The summed E-state index contributed by atoms with van der Waals surface area (Å²) in [7, 11) is 0. The molecule has 3 rings (SSSR count). The molecule has 0 amide bonds. The Labute approximate surface area is 85.5 Å². The van der Waals surface area contributed by atoms with E-state index in [2.05, 4.69) is 9.97 Å². The van der Waals surface area contributed by atoms with Gasteiger partial charge in [-0.25, -0.2) is 0 Å². The molecule has 0 saturated carbocycles. The average molecular weight is 203 g/mol. The quantitative estimate of drug-likeness (QED) is 0.557. The number of hydrogen-bond donors (Lipinski definition) is 1. The van der Waals surface area contributed by atoms with Crippen LogP contribution in [0.3, 0.4) is 0 Å². The van der Waals surface area contributed by atoms with Gasteiger partial charge in [0, 0.05) is 11.6 Å². The van der Waals surface area contributed by atoms with Crippen LogP contribution in [0.5, 0.6) is 0 Å². The van der Waals surface area contributed by atoms with E-state index >= 15 is 0 Å². The highest BCUT2D eigenvalue weighted by Gasteiger charge is 2.01. The fourth-order valence-corrected chi connectivity index (χ4v) is 1.86. The summed E-state index contributed by atoms with van der Waals surface area (Å²) in [5.74, 6) is 0. The number of aromatic amines is 1. The van der Waals surface area contributed by atoms with Crippen LogP contribution < -0.4 is 0 Å². The molecule has 0 saturated heterocycles. The Morgan fingerprint density at radius 3 is 2.86 bits per heavy atom. The minimum absolute atomic E-state index is 0.645. The Bertz CT molecular complexity index is 613. The van der Waals surface area contributed by atoms with E-state index in [-0.39, 0.29) is 0 Å². The second-order valence-corrected chi connectivity index (χ2v) is 3.62. The normalized spacial score (nSPS) is 11.2. The molecule has 2 nitrogen and oxygen atoms in total. The summed E-state index contributed by atoms with van der Waals surface area (Å²) in [5.41, 5.74) is 2.04. The zero-order valence-electron chi connectivity index (χ0n) is 7.29. The van der Waals surface area contributed by atoms with Crippen molar-refractivity contribution in [2.45, 2.75) is 0 Å². The highest BCUT2D eigenvalue weighted by atomic mass is 35.5. The Balaban J connectivity index is 2.60. The number of H-pyrrole nitrogens is 1. The smallest absolute Gasteiger partial charge is 0.106 e. The van der Waals surface area contributed by atoms with Crippen molar-refractivity contribution in [1.82, 2.24) is 9.97 Å². The van der Waals surface area contributed by atoms with Crippen LogP contribution in [0.15, 0.2) is 36.5 Å². The number of fused-ring (bicyclic) bond motifs is 3. The number of benzene rings is 1. The van der Waals surface area contributed by atoms with Crippen LogP contribution in [0.25, 0.3) is 21.8 Å². The number of nitrogens with one attached hydrogen (secondary N) is 1. The Hall–Kier alpha value is -1.54. The van der Waals surface area contributed by atoms with Crippen molar-refractivity contribution in [3.8, 4) is 0 Å². The molecule has 14 heavy (non-hydrogen) atoms. The second-order valence-electron chi connectivity index (χ2n) is 3.21. The predicted molar refractivity (Wildman–Crippen MR) is 58.6 cm³/mol. The summed E-state index contributed by atoms with van der Waals surface area (Å²) in [6.07, 6.45) is 1.80. The van der Waals surface area contributed by atoms with Gasteiger partial charge in [0.2, 0.25) is 0 Å². The molecule has 3 aromatic rings. The first kappa shape index (κ1) is 7.83. The van der Waals surface area contributed by atoms with E-state index in [0.717, 1.165) is 21.8 Å². The number of hydrogen-bond acceptors (Lipinski definition) is 1. The number of pyridine rings is 1. The number of aromatic nitrogens is 2. The lowest BCUT2D eigenvalue weighted by Crippen LogP contribution is -1.80. The van der Waals surface area contributed by atoms with Gasteiger partial charge in [-0.1, -0.05) is 17.7 Å². The molecule has 68 valence electrons. The third-order valence-electron chi connectivity index (χ3n) is 2.36. The largest absolute Gasteiger partial charge is 0.345 e. The van der Waals surface area contributed by atoms with Gasteiger partial charge in [0.25, 0.3) is 0 Å². The molecule has 2 aromatic heterocycles. The predicted octanol–water partition coefficient (Wildman–Crippen LogP) is 3.37. The average Bonchev–Trinajstić information content (AvgIpc) is 2.65. The first-order valence-corrected chi connectivity index (χ1v) is 4.74. The van der Waals surface area contributed by atoms with Crippen molar-refractivity contribution >= 4 is 33.4 Å². The van der Waals surface area contributed by atoms with Crippen LogP contribution in [0.2, 0.25) is 5.15 Å². The van der Waals surface area contributed by atoms with Gasteiger partial charge < -0.3 is 4.98 Å². The van der Waals surface area contributed by atoms with Crippen molar-refractivity contribution in [1.29, 1.82) is 0 Å². The molecule has 0 radical (unpaired) electrons. The molecule has 0 unspecified atom stereocenters. The van der Waals surface area contributed by atoms with Crippen molar-refractivity contribution in [2.24, 2.45) is 0 Å². The van der Waals surface area contributed by atoms with E-state index in [1.54, 1.807) is 6.20 Å². The first-order chi connectivity index (χ1) is 6.84. The summed E-state index contributed by atoms with van der Waals surface area (Å²) < 4.78 is 0. The van der Waals surface area contributed by atoms with E-state index in [1.807, 2.05) is 30.3 Å². The lowest BCUT2D eigenvalue weighted by molar-refractivity contribution is 1.42. The van der Waals surface area contributed by atoms with E-state index in [9.17, 15) is 0 Å². The third kappa shape index (κ3) is 1.01. The summed E-state index contributed by atoms with van der Waals surface area (Å²) in [6.45, 7) is 0. The maximum Gasteiger partial charge on any atom is 0.106 e. The number of halogens is 1. The Morgan fingerprint density at radius 2 is 1.93 bits per heavy atom. The molecule has 0 fully saturated rings. The Morgan fingerprint density at radius 1 is 1.07 bits per heavy atom. The second kappa shape index (κ2) is 2.72. The van der Waals surface area contributed by atoms with Crippen LogP contribution in [-0.4, -0.2) is 9.97 Å². The summed E-state index contributed by atoms with van der Waals surface area (Å²) in [5, 5.41) is 2.91. The van der Waals surface area contributed by atoms with Crippen molar-refractivity contribution in [2.75, 3.05) is 0 Å². The van der Waals surface area contributed by atoms with E-state index in [4.69, 9.17) is 11.6 Å². The lowest BCUT2D eigenvalue weighted by atomic mass is 10.1. The molecule has 0 bridgehead atoms. The van der Waals surface area contributed by atoms with E-state index in [0.29, 0.717) is 5.15 Å². The van der Waals surface area contributed by atoms with Crippen LogP contribution >= 0.6 is 11.6 Å². The topological polar surface area (TPSA) is 28.7 Å². The van der Waals surface area contributed by atoms with Crippen LogP contribution in [-0.2, 0) is 0 Å². The van der Waals surface area contributed by atoms with Crippen LogP contribution in [0.4, 0.5) is 0 Å². The molecule has 0 aliphatic carbocycles. The summed E-state index contributed by atoms with van der Waals surface area (Å²) >= 11 is 5.91. The maximum absolute atomic E-state index is 5.91. The third-order valence-corrected chi connectivity index (χ3v) is 2.58. The molecule has 0 atom stereocenters. The van der Waals surface area contributed by atoms with Gasteiger partial charge in [-0.3, -0.25) is 4.98 Å². The highest BCUT2D eigenvalue weighted by molar-refractivity contribution is 6.30. The van der Waals surface area contributed by atoms with Gasteiger partial charge in [0.05, 0.1) is 11.0 Å². The molecule has 0 aliphatic heterocycles. The van der Waals surface area contributed by atoms with Gasteiger partial charge in [0.1, 0.15) is 5.15 Å². The van der Waals surface area contributed by atoms with Gasteiger partial charge in [-0.2, -0.15) is 0 Å². The molecular weight excluding hydrogens is 196 g/mol. The zero-order chi connectivity index (χ0) is 9.54. The lowest BCUT2D eigenvalue weighted by Gasteiger charge is -2.00. The van der Waals surface area contributed by atoms with E-state index < -0.39 is 0 Å². The van der Waals surface area contributed by atoms with Crippen molar-refractivity contribution in [3.05, 3.63) is 41.7 Å². The minimum Gasteiger partial charge on any atom is -0.345 e. The molecule has 3 heteroatoms. The Kier molecular flexibility index (Phi) is 1.52. The minimum atomic E-state index is 0.645. The molecule has 1 aromatic carbocycles. The molecule has 2 heterocycles. The number of rotatable bonds is 0. The zero-order valence-corrected chi connectivity index (χ0v) is 8.05. The summed E-state index contributed by atoms with van der Waals surface area (Å²) in [6, 6.07) is 9.90. The fraction of sp³-hybridized carbons (Fsp3) is 0. The summed E-state index contributed by atoms with van der Waals surface area (Å²) in [4.78, 5) is 7.38. The maximum atomic E-state index is 5.91. The number of nitrogens with zero attached hydrogens (tertiary/aromatic N) is 1. The van der Waals surface area contributed by atoms with E-state index in [1.165, 1.54) is 0 Å². The van der Waals surface area contributed by atoms with Crippen LogP contribution in [0, 0.1) is 0 Å². The molecule has 0 spiro atoms. The molecule has 0 aliphatic rings. The van der Waals surface area contributed by atoms with Crippen molar-refractivity contribution < 1.29 is 0 Å². The fourth-order valence-electron chi connectivity index (χ4n) is 1.70. The monoisotopic (exact) mass is 202 g/mol. The molecule has 1 N–H and O–H groups in total. The first-order valence-electron chi connectivity index (χ1n) is 4.36. The molecular formula is C11H7ClN2. The van der Waals surface area contributed by atoms with Gasteiger partial charge in [0.15, 0.2) is 0 Å². The SMILES string of the molecule is Clc1ccc2ccc3nccc3c2[nH]1. The standard InChI is InChI=1S/C11H7ClN2/c12-10-4-2-7-1-3-9-8(5-6-13-9)11(7)14-10/h1-6,14H. The van der Waals surface area contributed by atoms with Crippen molar-refractivity contribution in [3.63, 3.8) is 0 Å². The highest BCUT2D eigenvalue weighted by Crippen LogP contribution is 2.24. The van der Waals surface area contributed by atoms with Gasteiger partial charge >= 0.3 is 0 Å². The van der Waals surface area contributed by atoms with Crippen LogP contribution in [0.1, 0.15) is 0 Å². The van der Waals surface area contributed by atoms with Gasteiger partial charge in [-0.05, 0) is 29.7 Å². The van der Waals surface area contributed by atoms with Gasteiger partial charge in [-0.15, -0.1) is 0 Å².